The zero-order valence-electron chi connectivity index (χ0n) is 14.9. The highest BCUT2D eigenvalue weighted by Gasteiger charge is 2.16. The van der Waals surface area contributed by atoms with E-state index in [1.54, 1.807) is 12.1 Å². The summed E-state index contributed by atoms with van der Waals surface area (Å²) in [5.41, 5.74) is 0.345. The Bertz CT molecular complexity index is 441. The topological polar surface area (TPSA) is 63.2 Å². The van der Waals surface area contributed by atoms with E-state index in [1.165, 1.54) is 14.2 Å². The molecule has 0 atom stereocenters. The summed E-state index contributed by atoms with van der Waals surface area (Å²) >= 11 is 0. The first-order valence-electron chi connectivity index (χ1n) is 7.77. The SMILES string of the molecule is CC.CCOC(COc1c(C=O)cc(OC)cc1OC)OCC. The summed E-state index contributed by atoms with van der Waals surface area (Å²) in [6.45, 7) is 8.92. The quantitative estimate of drug-likeness (QED) is 0.485. The Morgan fingerprint density at radius 1 is 1.04 bits per heavy atom. The van der Waals surface area contributed by atoms with Gasteiger partial charge in [0, 0.05) is 19.3 Å². The number of hydrogen-bond donors (Lipinski definition) is 0. The van der Waals surface area contributed by atoms with Crippen LogP contribution in [0.25, 0.3) is 0 Å². The summed E-state index contributed by atoms with van der Waals surface area (Å²) < 4.78 is 26.8. The molecule has 0 heterocycles. The van der Waals surface area contributed by atoms with E-state index in [-0.39, 0.29) is 6.61 Å². The van der Waals surface area contributed by atoms with Crippen molar-refractivity contribution < 1.29 is 28.5 Å². The third-order valence-electron chi connectivity index (χ3n) is 2.71. The Labute approximate surface area is 138 Å². The lowest BCUT2D eigenvalue weighted by Crippen LogP contribution is -2.25. The molecule has 1 aromatic rings. The van der Waals surface area contributed by atoms with Crippen molar-refractivity contribution in [3.63, 3.8) is 0 Å². The van der Waals surface area contributed by atoms with E-state index in [0.29, 0.717) is 42.3 Å². The van der Waals surface area contributed by atoms with Gasteiger partial charge in [0.1, 0.15) is 12.4 Å². The van der Waals surface area contributed by atoms with E-state index in [4.69, 9.17) is 23.7 Å². The second-order valence-electron chi connectivity index (χ2n) is 4.02. The molecule has 132 valence electrons. The van der Waals surface area contributed by atoms with Crippen LogP contribution in [0.3, 0.4) is 0 Å². The molecule has 0 amide bonds. The lowest BCUT2D eigenvalue weighted by Gasteiger charge is -2.19. The number of rotatable bonds is 10. The first-order chi connectivity index (χ1) is 11.2. The summed E-state index contributed by atoms with van der Waals surface area (Å²) in [5, 5.41) is 0. The Morgan fingerprint density at radius 2 is 1.65 bits per heavy atom. The molecular weight excluding hydrogens is 300 g/mol. The second-order valence-corrected chi connectivity index (χ2v) is 4.02. The van der Waals surface area contributed by atoms with E-state index in [1.807, 2.05) is 27.7 Å². The molecule has 0 aromatic heterocycles. The second kappa shape index (κ2) is 12.7. The molecule has 0 aliphatic rings. The van der Waals surface area contributed by atoms with Crippen LogP contribution in [0.4, 0.5) is 0 Å². The van der Waals surface area contributed by atoms with E-state index < -0.39 is 6.29 Å². The number of aldehydes is 1. The van der Waals surface area contributed by atoms with Crippen LogP contribution in [0.5, 0.6) is 17.2 Å². The summed E-state index contributed by atoms with van der Waals surface area (Å²) in [5.74, 6) is 1.29. The molecule has 0 N–H and O–H groups in total. The summed E-state index contributed by atoms with van der Waals surface area (Å²) in [6.07, 6.45) is 0.197. The molecular formula is C17H28O6. The molecule has 6 nitrogen and oxygen atoms in total. The number of ether oxygens (including phenoxy) is 5. The first kappa shape index (κ1) is 21.2. The van der Waals surface area contributed by atoms with Gasteiger partial charge in [-0.3, -0.25) is 4.79 Å². The van der Waals surface area contributed by atoms with E-state index in [2.05, 4.69) is 0 Å². The third-order valence-corrected chi connectivity index (χ3v) is 2.71. The maximum absolute atomic E-state index is 11.2. The predicted molar refractivity (Wildman–Crippen MR) is 88.8 cm³/mol. The molecule has 0 saturated heterocycles. The van der Waals surface area contributed by atoms with Gasteiger partial charge in [0.05, 0.1) is 19.8 Å². The van der Waals surface area contributed by atoms with Crippen molar-refractivity contribution in [2.45, 2.75) is 34.0 Å². The average Bonchev–Trinajstić information content (AvgIpc) is 2.61. The molecule has 0 saturated carbocycles. The summed E-state index contributed by atoms with van der Waals surface area (Å²) in [4.78, 5) is 11.2. The van der Waals surface area contributed by atoms with Gasteiger partial charge in [0.15, 0.2) is 24.1 Å². The van der Waals surface area contributed by atoms with Gasteiger partial charge in [0.2, 0.25) is 0 Å². The van der Waals surface area contributed by atoms with Crippen molar-refractivity contribution in [1.82, 2.24) is 0 Å². The normalized spacial score (nSPS) is 9.87. The van der Waals surface area contributed by atoms with E-state index in [9.17, 15) is 4.79 Å². The van der Waals surface area contributed by atoms with Crippen LogP contribution in [0.15, 0.2) is 12.1 Å². The number of benzene rings is 1. The Kier molecular flexibility index (Phi) is 11.7. The van der Waals surface area contributed by atoms with E-state index in [0.717, 1.165) is 0 Å². The Morgan fingerprint density at radius 3 is 2.09 bits per heavy atom. The predicted octanol–water partition coefficient (Wildman–Crippen LogP) is 3.32. The van der Waals surface area contributed by atoms with Crippen molar-refractivity contribution in [3.05, 3.63) is 17.7 Å². The molecule has 0 fully saturated rings. The minimum atomic E-state index is -0.494. The van der Waals surface area contributed by atoms with Gasteiger partial charge >= 0.3 is 0 Å². The van der Waals surface area contributed by atoms with Crippen LogP contribution in [0.1, 0.15) is 38.1 Å². The van der Waals surface area contributed by atoms with Crippen LogP contribution >= 0.6 is 0 Å². The number of carbonyl (C=O) groups is 1. The van der Waals surface area contributed by atoms with Gasteiger partial charge in [0.25, 0.3) is 0 Å². The molecule has 0 bridgehead atoms. The standard InChI is InChI=1S/C15H22O6.C2H6/c1-5-19-14(20-6-2)10-21-15-11(9-16)7-12(17-3)8-13(15)18-4;1-2/h7-9,14H,5-6,10H2,1-4H3;1-2H3. The van der Waals surface area contributed by atoms with Gasteiger partial charge in [-0.25, -0.2) is 0 Å². The summed E-state index contributed by atoms with van der Waals surface area (Å²) in [6, 6.07) is 3.24. The Balaban J connectivity index is 0.00000232. The average molecular weight is 328 g/mol. The lowest BCUT2D eigenvalue weighted by molar-refractivity contribution is -0.152. The number of hydrogen-bond acceptors (Lipinski definition) is 6. The smallest absolute Gasteiger partial charge is 0.191 e. The molecule has 0 aliphatic carbocycles. The Hall–Kier alpha value is -1.79. The van der Waals surface area contributed by atoms with Gasteiger partial charge in [-0.2, -0.15) is 0 Å². The molecule has 1 rings (SSSR count). The first-order valence-corrected chi connectivity index (χ1v) is 7.77. The van der Waals surface area contributed by atoms with Crippen molar-refractivity contribution in [3.8, 4) is 17.2 Å². The highest BCUT2D eigenvalue weighted by atomic mass is 16.7. The molecule has 6 heteroatoms. The van der Waals surface area contributed by atoms with Crippen LogP contribution in [-0.4, -0.2) is 46.6 Å². The molecule has 0 aliphatic heterocycles. The van der Waals surface area contributed by atoms with Crippen LogP contribution < -0.4 is 14.2 Å². The van der Waals surface area contributed by atoms with E-state index >= 15 is 0 Å². The van der Waals surface area contributed by atoms with Crippen LogP contribution in [0, 0.1) is 0 Å². The fourth-order valence-electron chi connectivity index (χ4n) is 1.78. The molecule has 0 unspecified atom stereocenters. The fraction of sp³-hybridized carbons (Fsp3) is 0.588. The molecule has 1 aromatic carbocycles. The number of carbonyl (C=O) groups excluding carboxylic acids is 1. The maximum atomic E-state index is 11.2. The zero-order chi connectivity index (χ0) is 17.7. The van der Waals surface area contributed by atoms with Gasteiger partial charge in [-0.05, 0) is 19.9 Å². The minimum Gasteiger partial charge on any atom is -0.497 e. The molecule has 23 heavy (non-hydrogen) atoms. The largest absolute Gasteiger partial charge is 0.497 e. The lowest BCUT2D eigenvalue weighted by atomic mass is 10.2. The van der Waals surface area contributed by atoms with Gasteiger partial charge < -0.3 is 23.7 Å². The highest BCUT2D eigenvalue weighted by Crippen LogP contribution is 2.35. The highest BCUT2D eigenvalue weighted by molar-refractivity contribution is 5.82. The van der Waals surface area contributed by atoms with Crippen LogP contribution in [-0.2, 0) is 9.47 Å². The van der Waals surface area contributed by atoms with Crippen LogP contribution in [0.2, 0.25) is 0 Å². The van der Waals surface area contributed by atoms with Crippen molar-refractivity contribution in [2.24, 2.45) is 0 Å². The number of methoxy groups -OCH3 is 2. The van der Waals surface area contributed by atoms with Crippen molar-refractivity contribution >= 4 is 6.29 Å². The van der Waals surface area contributed by atoms with Crippen molar-refractivity contribution in [1.29, 1.82) is 0 Å². The molecule has 0 radical (unpaired) electrons. The third kappa shape index (κ3) is 6.88. The monoisotopic (exact) mass is 328 g/mol. The van der Waals surface area contributed by atoms with Gasteiger partial charge in [-0.1, -0.05) is 13.8 Å². The van der Waals surface area contributed by atoms with Gasteiger partial charge in [-0.15, -0.1) is 0 Å². The van der Waals surface area contributed by atoms with Crippen molar-refractivity contribution in [2.75, 3.05) is 34.0 Å². The minimum absolute atomic E-state index is 0.158. The zero-order valence-corrected chi connectivity index (χ0v) is 14.9. The molecule has 0 spiro atoms. The maximum Gasteiger partial charge on any atom is 0.191 e. The fourth-order valence-corrected chi connectivity index (χ4v) is 1.78. The summed E-state index contributed by atoms with van der Waals surface area (Å²) in [7, 11) is 3.02.